The molecular weight excluding hydrogens is 290 g/mol. The third kappa shape index (κ3) is 7.68. The second kappa shape index (κ2) is 11.3. The van der Waals surface area contributed by atoms with Crippen LogP contribution in [0.4, 0.5) is 0 Å². The van der Waals surface area contributed by atoms with Crippen LogP contribution in [-0.4, -0.2) is 62.6 Å². The highest BCUT2D eigenvalue weighted by atomic mass is 16.1. The number of aliphatic imine (C=N–C) groups is 1. The normalized spacial score (nSPS) is 19.7. The molecule has 3 N–H and O–H groups in total. The third-order valence-electron chi connectivity index (χ3n) is 4.38. The van der Waals surface area contributed by atoms with Crippen LogP contribution in [0, 0.1) is 5.92 Å². The number of hydrogen-bond acceptors (Lipinski definition) is 3. The molecule has 0 radical (unpaired) electrons. The Morgan fingerprint density at radius 3 is 2.52 bits per heavy atom. The van der Waals surface area contributed by atoms with E-state index >= 15 is 0 Å². The Labute approximate surface area is 141 Å². The highest BCUT2D eigenvalue weighted by Crippen LogP contribution is 2.18. The molecule has 0 aromatic carbocycles. The zero-order valence-electron chi connectivity index (χ0n) is 15.3. The summed E-state index contributed by atoms with van der Waals surface area (Å²) in [5, 5.41) is 9.48. The lowest BCUT2D eigenvalue weighted by atomic mass is 10.0. The minimum atomic E-state index is 0.0310. The molecule has 1 rings (SSSR count). The van der Waals surface area contributed by atoms with Crippen LogP contribution in [0.15, 0.2) is 4.99 Å². The number of amides is 1. The fourth-order valence-corrected chi connectivity index (χ4v) is 2.93. The molecule has 0 aromatic rings. The van der Waals surface area contributed by atoms with Gasteiger partial charge in [0.15, 0.2) is 5.96 Å². The molecule has 134 valence electrons. The smallest absolute Gasteiger partial charge is 0.222 e. The molecule has 6 nitrogen and oxygen atoms in total. The van der Waals surface area contributed by atoms with E-state index in [1.165, 1.54) is 32.2 Å². The summed E-state index contributed by atoms with van der Waals surface area (Å²) in [7, 11) is 1.78. The van der Waals surface area contributed by atoms with Crippen molar-refractivity contribution in [2.45, 2.75) is 52.5 Å². The summed E-state index contributed by atoms with van der Waals surface area (Å²) in [4.78, 5) is 18.3. The van der Waals surface area contributed by atoms with Gasteiger partial charge < -0.3 is 16.0 Å². The van der Waals surface area contributed by atoms with Gasteiger partial charge in [0.2, 0.25) is 5.91 Å². The number of likely N-dealkylation sites (tertiary alicyclic amines) is 1. The first-order valence-corrected chi connectivity index (χ1v) is 9.04. The molecule has 1 unspecified atom stereocenters. The Kier molecular flexibility index (Phi) is 9.67. The van der Waals surface area contributed by atoms with E-state index in [2.05, 4.69) is 32.8 Å². The van der Waals surface area contributed by atoms with Crippen molar-refractivity contribution in [1.29, 1.82) is 0 Å². The number of nitrogens with zero attached hydrogens (tertiary/aromatic N) is 2. The Morgan fingerprint density at radius 1 is 1.17 bits per heavy atom. The molecule has 6 heteroatoms. The molecule has 1 saturated heterocycles. The molecule has 0 saturated carbocycles. The first-order chi connectivity index (χ1) is 11.1. The quantitative estimate of drug-likeness (QED) is 0.356. The molecule has 0 aliphatic carbocycles. The highest BCUT2D eigenvalue weighted by molar-refractivity contribution is 5.80. The number of nitrogens with one attached hydrogen (secondary N) is 3. The minimum absolute atomic E-state index is 0.0310. The topological polar surface area (TPSA) is 68.8 Å². The molecule has 23 heavy (non-hydrogen) atoms. The van der Waals surface area contributed by atoms with Crippen LogP contribution >= 0.6 is 0 Å². The number of carbonyl (C=O) groups is 1. The highest BCUT2D eigenvalue weighted by Gasteiger charge is 2.19. The lowest BCUT2D eigenvalue weighted by Crippen LogP contribution is -2.47. The van der Waals surface area contributed by atoms with Crippen LogP contribution in [0.25, 0.3) is 0 Å². The predicted molar refractivity (Wildman–Crippen MR) is 96.7 cm³/mol. The van der Waals surface area contributed by atoms with Crippen molar-refractivity contribution in [3.8, 4) is 0 Å². The molecular formula is C17H35N5O. The van der Waals surface area contributed by atoms with Crippen LogP contribution in [0.3, 0.4) is 0 Å². The first-order valence-electron chi connectivity index (χ1n) is 9.04. The SMILES string of the molecule is CCC1CCCCN1CCNC(=NC)NCCNC(=O)C(C)C. The van der Waals surface area contributed by atoms with Crippen molar-refractivity contribution in [1.82, 2.24) is 20.9 Å². The predicted octanol–water partition coefficient (Wildman–Crippen LogP) is 1.19. The summed E-state index contributed by atoms with van der Waals surface area (Å²) in [5.41, 5.74) is 0. The zero-order chi connectivity index (χ0) is 17.1. The van der Waals surface area contributed by atoms with Crippen molar-refractivity contribution in [2.24, 2.45) is 10.9 Å². The van der Waals surface area contributed by atoms with E-state index in [9.17, 15) is 4.79 Å². The van der Waals surface area contributed by atoms with E-state index < -0.39 is 0 Å². The van der Waals surface area contributed by atoms with Gasteiger partial charge in [-0.3, -0.25) is 14.7 Å². The van der Waals surface area contributed by atoms with Crippen molar-refractivity contribution < 1.29 is 4.79 Å². The summed E-state index contributed by atoms with van der Waals surface area (Å²) in [6.07, 6.45) is 5.26. The molecule has 1 amide bonds. The van der Waals surface area contributed by atoms with E-state index in [4.69, 9.17) is 0 Å². The Bertz CT molecular complexity index is 370. The van der Waals surface area contributed by atoms with E-state index in [-0.39, 0.29) is 11.8 Å². The first kappa shape index (κ1) is 19.7. The Balaban J connectivity index is 2.17. The summed E-state index contributed by atoms with van der Waals surface area (Å²) in [6, 6.07) is 0.742. The van der Waals surface area contributed by atoms with Crippen LogP contribution < -0.4 is 16.0 Å². The van der Waals surface area contributed by atoms with Gasteiger partial charge in [0.1, 0.15) is 0 Å². The Morgan fingerprint density at radius 2 is 1.87 bits per heavy atom. The lowest BCUT2D eigenvalue weighted by Gasteiger charge is -2.35. The molecule has 0 aromatic heterocycles. The average molecular weight is 326 g/mol. The maximum absolute atomic E-state index is 11.5. The second-order valence-electron chi connectivity index (χ2n) is 6.47. The maximum atomic E-state index is 11.5. The van der Waals surface area contributed by atoms with Crippen molar-refractivity contribution in [3.63, 3.8) is 0 Å². The van der Waals surface area contributed by atoms with Crippen LogP contribution in [0.5, 0.6) is 0 Å². The molecule has 0 bridgehead atoms. The number of carbonyl (C=O) groups excluding carboxylic acids is 1. The largest absolute Gasteiger partial charge is 0.355 e. The lowest BCUT2D eigenvalue weighted by molar-refractivity contribution is -0.123. The molecule has 0 spiro atoms. The van der Waals surface area contributed by atoms with Gasteiger partial charge in [-0.1, -0.05) is 27.2 Å². The molecule has 1 fully saturated rings. The van der Waals surface area contributed by atoms with E-state index in [0.29, 0.717) is 13.1 Å². The van der Waals surface area contributed by atoms with Crippen LogP contribution in [0.1, 0.15) is 46.5 Å². The van der Waals surface area contributed by atoms with E-state index in [1.807, 2.05) is 13.8 Å². The maximum Gasteiger partial charge on any atom is 0.222 e. The number of rotatable bonds is 8. The molecule has 1 aliphatic heterocycles. The minimum Gasteiger partial charge on any atom is -0.355 e. The second-order valence-corrected chi connectivity index (χ2v) is 6.47. The van der Waals surface area contributed by atoms with Crippen molar-refractivity contribution in [3.05, 3.63) is 0 Å². The number of piperidine rings is 1. The number of guanidine groups is 1. The van der Waals surface area contributed by atoms with Crippen molar-refractivity contribution in [2.75, 3.05) is 39.8 Å². The van der Waals surface area contributed by atoms with Gasteiger partial charge in [-0.15, -0.1) is 0 Å². The summed E-state index contributed by atoms with van der Waals surface area (Å²) < 4.78 is 0. The molecule has 1 heterocycles. The van der Waals surface area contributed by atoms with E-state index in [0.717, 1.165) is 25.1 Å². The zero-order valence-corrected chi connectivity index (χ0v) is 15.3. The number of hydrogen-bond donors (Lipinski definition) is 3. The fraction of sp³-hybridized carbons (Fsp3) is 0.882. The van der Waals surface area contributed by atoms with Gasteiger partial charge in [-0.05, 0) is 25.8 Å². The van der Waals surface area contributed by atoms with Crippen LogP contribution in [0.2, 0.25) is 0 Å². The standard InChI is InChI=1S/C17H35N5O/c1-5-15-8-6-7-12-22(15)13-11-21-17(18-4)20-10-9-19-16(23)14(2)3/h14-15H,5-13H2,1-4H3,(H,19,23)(H2,18,20,21). The average Bonchev–Trinajstić information content (AvgIpc) is 2.56. The third-order valence-corrected chi connectivity index (χ3v) is 4.38. The fourth-order valence-electron chi connectivity index (χ4n) is 2.93. The van der Waals surface area contributed by atoms with Gasteiger partial charge >= 0.3 is 0 Å². The van der Waals surface area contributed by atoms with Gasteiger partial charge in [-0.2, -0.15) is 0 Å². The summed E-state index contributed by atoms with van der Waals surface area (Å²) in [5.74, 6) is 0.919. The van der Waals surface area contributed by atoms with Crippen molar-refractivity contribution >= 4 is 11.9 Å². The molecule has 1 atom stereocenters. The van der Waals surface area contributed by atoms with Gasteiger partial charge in [0.05, 0.1) is 0 Å². The van der Waals surface area contributed by atoms with Crippen LogP contribution in [-0.2, 0) is 4.79 Å². The van der Waals surface area contributed by atoms with Gasteiger partial charge in [0.25, 0.3) is 0 Å². The van der Waals surface area contributed by atoms with Gasteiger partial charge in [-0.25, -0.2) is 0 Å². The Hall–Kier alpha value is -1.30. The molecule has 1 aliphatic rings. The van der Waals surface area contributed by atoms with Gasteiger partial charge in [0, 0.05) is 45.2 Å². The monoisotopic (exact) mass is 325 g/mol. The summed E-state index contributed by atoms with van der Waals surface area (Å²) >= 11 is 0. The van der Waals surface area contributed by atoms with E-state index in [1.54, 1.807) is 7.05 Å². The summed E-state index contributed by atoms with van der Waals surface area (Å²) in [6.45, 7) is 10.5.